The maximum absolute atomic E-state index is 12.9. The summed E-state index contributed by atoms with van der Waals surface area (Å²) in [6, 6.07) is 0. The first-order valence-corrected chi connectivity index (χ1v) is 9.66. The lowest BCUT2D eigenvalue weighted by atomic mass is 10.1. The van der Waals surface area contributed by atoms with E-state index in [4.69, 9.17) is 4.74 Å². The van der Waals surface area contributed by atoms with Crippen molar-refractivity contribution < 1.29 is 14.3 Å². The van der Waals surface area contributed by atoms with Crippen molar-refractivity contribution in [3.8, 4) is 0 Å². The Labute approximate surface area is 161 Å². The van der Waals surface area contributed by atoms with E-state index in [-0.39, 0.29) is 18.2 Å². The molecule has 0 aliphatic carbocycles. The predicted molar refractivity (Wildman–Crippen MR) is 102 cm³/mol. The summed E-state index contributed by atoms with van der Waals surface area (Å²) in [4.78, 5) is 37.3. The summed E-state index contributed by atoms with van der Waals surface area (Å²) < 4.78 is 4.93. The van der Waals surface area contributed by atoms with E-state index >= 15 is 0 Å². The van der Waals surface area contributed by atoms with E-state index < -0.39 is 0 Å². The molecule has 0 saturated carbocycles. The van der Waals surface area contributed by atoms with Gasteiger partial charge in [-0.05, 0) is 32.9 Å². The lowest BCUT2D eigenvalue weighted by Crippen LogP contribution is -2.42. The number of methoxy groups -OCH3 is 1. The molecule has 2 amide bonds. The molecule has 1 saturated heterocycles. The number of likely N-dealkylation sites (tertiary alicyclic amines) is 1. The highest BCUT2D eigenvalue weighted by Gasteiger charge is 2.20. The molecule has 1 fully saturated rings. The second-order valence-corrected chi connectivity index (χ2v) is 6.83. The Morgan fingerprint density at radius 3 is 2.63 bits per heavy atom. The van der Waals surface area contributed by atoms with Gasteiger partial charge in [-0.3, -0.25) is 14.6 Å². The highest BCUT2D eigenvalue weighted by molar-refractivity contribution is 5.92. The normalized spacial score (nSPS) is 14.7. The summed E-state index contributed by atoms with van der Waals surface area (Å²) >= 11 is 0. The zero-order valence-corrected chi connectivity index (χ0v) is 16.4. The van der Waals surface area contributed by atoms with Crippen LogP contribution in [-0.2, 0) is 9.53 Å². The maximum atomic E-state index is 12.9. The highest BCUT2D eigenvalue weighted by atomic mass is 16.5. The van der Waals surface area contributed by atoms with Crippen LogP contribution in [0.2, 0.25) is 0 Å². The van der Waals surface area contributed by atoms with Gasteiger partial charge in [0.2, 0.25) is 5.91 Å². The molecule has 1 aliphatic heterocycles. The molecule has 1 aromatic heterocycles. The molecule has 1 N–H and O–H groups in total. The van der Waals surface area contributed by atoms with Gasteiger partial charge in [0, 0.05) is 45.9 Å². The van der Waals surface area contributed by atoms with E-state index in [2.05, 4.69) is 20.2 Å². The molecule has 0 aromatic carbocycles. The minimum Gasteiger partial charge on any atom is -0.383 e. The molecule has 0 bridgehead atoms. The van der Waals surface area contributed by atoms with Gasteiger partial charge >= 0.3 is 0 Å². The van der Waals surface area contributed by atoms with Gasteiger partial charge in [0.15, 0.2) is 0 Å². The van der Waals surface area contributed by atoms with Gasteiger partial charge in [-0.1, -0.05) is 6.42 Å². The Balaban J connectivity index is 1.92. The van der Waals surface area contributed by atoms with Crippen LogP contribution in [0.1, 0.15) is 41.9 Å². The Kier molecular flexibility index (Phi) is 9.13. The summed E-state index contributed by atoms with van der Waals surface area (Å²) in [5.41, 5.74) is 1.09. The van der Waals surface area contributed by atoms with Crippen LogP contribution in [-0.4, -0.2) is 84.6 Å². The number of rotatable bonds is 10. The number of amides is 2. The molecule has 8 heteroatoms. The molecular formula is C19H31N5O3. The molecule has 2 heterocycles. The van der Waals surface area contributed by atoms with Crippen LogP contribution in [0.5, 0.6) is 0 Å². The van der Waals surface area contributed by atoms with Gasteiger partial charge in [0.1, 0.15) is 5.69 Å². The second-order valence-electron chi connectivity index (χ2n) is 6.83. The zero-order chi connectivity index (χ0) is 19.5. The Hall–Kier alpha value is -2.06. The van der Waals surface area contributed by atoms with E-state index in [0.717, 1.165) is 25.3 Å². The summed E-state index contributed by atoms with van der Waals surface area (Å²) in [7, 11) is 1.59. The van der Waals surface area contributed by atoms with Gasteiger partial charge in [-0.2, -0.15) is 0 Å². The van der Waals surface area contributed by atoms with Crippen molar-refractivity contribution in [3.05, 3.63) is 23.8 Å². The third kappa shape index (κ3) is 7.60. The van der Waals surface area contributed by atoms with Gasteiger partial charge < -0.3 is 19.9 Å². The molecule has 8 nitrogen and oxygen atoms in total. The molecule has 0 radical (unpaired) electrons. The van der Waals surface area contributed by atoms with Crippen molar-refractivity contribution in [2.75, 3.05) is 53.0 Å². The van der Waals surface area contributed by atoms with E-state index in [1.807, 2.05) is 6.92 Å². The number of hydrogen-bond acceptors (Lipinski definition) is 6. The Morgan fingerprint density at radius 2 is 1.96 bits per heavy atom. The summed E-state index contributed by atoms with van der Waals surface area (Å²) in [6.45, 7) is 6.69. The average Bonchev–Trinajstić information content (AvgIpc) is 2.69. The van der Waals surface area contributed by atoms with Crippen molar-refractivity contribution in [1.29, 1.82) is 0 Å². The third-order valence-electron chi connectivity index (χ3n) is 4.66. The van der Waals surface area contributed by atoms with Crippen molar-refractivity contribution in [2.24, 2.45) is 0 Å². The largest absolute Gasteiger partial charge is 0.383 e. The smallest absolute Gasteiger partial charge is 0.274 e. The average molecular weight is 377 g/mol. The number of piperidine rings is 1. The monoisotopic (exact) mass is 377 g/mol. The highest BCUT2D eigenvalue weighted by Crippen LogP contribution is 2.09. The molecule has 1 aromatic rings. The van der Waals surface area contributed by atoms with Gasteiger partial charge in [0.05, 0.1) is 18.5 Å². The SMILES string of the molecule is COCCNC(=O)CCN(CCN1CCCCC1)C(=O)c1cnc(C)cn1. The van der Waals surface area contributed by atoms with Crippen LogP contribution in [0.15, 0.2) is 12.4 Å². The lowest BCUT2D eigenvalue weighted by molar-refractivity contribution is -0.121. The maximum Gasteiger partial charge on any atom is 0.274 e. The number of aryl methyl sites for hydroxylation is 1. The van der Waals surface area contributed by atoms with Crippen molar-refractivity contribution in [3.63, 3.8) is 0 Å². The number of aromatic nitrogens is 2. The van der Waals surface area contributed by atoms with Crippen molar-refractivity contribution >= 4 is 11.8 Å². The number of hydrogen-bond donors (Lipinski definition) is 1. The quantitative estimate of drug-likeness (QED) is 0.609. The molecule has 150 valence electrons. The minimum absolute atomic E-state index is 0.0854. The van der Waals surface area contributed by atoms with Gasteiger partial charge in [-0.25, -0.2) is 4.98 Å². The summed E-state index contributed by atoms with van der Waals surface area (Å²) in [5.74, 6) is -0.262. The number of nitrogens with zero attached hydrogens (tertiary/aromatic N) is 4. The van der Waals surface area contributed by atoms with Gasteiger partial charge in [-0.15, -0.1) is 0 Å². The van der Waals surface area contributed by atoms with Crippen LogP contribution >= 0.6 is 0 Å². The first-order chi connectivity index (χ1) is 13.1. The molecule has 0 spiro atoms. The molecule has 0 atom stereocenters. The van der Waals surface area contributed by atoms with Crippen LogP contribution in [0.4, 0.5) is 0 Å². The van der Waals surface area contributed by atoms with Crippen molar-refractivity contribution in [2.45, 2.75) is 32.6 Å². The van der Waals surface area contributed by atoms with Crippen LogP contribution in [0.3, 0.4) is 0 Å². The zero-order valence-electron chi connectivity index (χ0n) is 16.4. The van der Waals surface area contributed by atoms with E-state index in [1.54, 1.807) is 18.2 Å². The molecule has 2 rings (SSSR count). The first kappa shape index (κ1) is 21.2. The second kappa shape index (κ2) is 11.6. The number of ether oxygens (including phenoxy) is 1. The van der Waals surface area contributed by atoms with Crippen molar-refractivity contribution in [1.82, 2.24) is 25.1 Å². The molecule has 1 aliphatic rings. The van der Waals surface area contributed by atoms with Crippen LogP contribution in [0.25, 0.3) is 0 Å². The number of carbonyl (C=O) groups is 2. The molecular weight excluding hydrogens is 346 g/mol. The van der Waals surface area contributed by atoms with Gasteiger partial charge in [0.25, 0.3) is 5.91 Å². The predicted octanol–water partition coefficient (Wildman–Crippen LogP) is 0.866. The fourth-order valence-electron chi connectivity index (χ4n) is 3.04. The van der Waals surface area contributed by atoms with Crippen LogP contribution in [0, 0.1) is 6.92 Å². The fourth-order valence-corrected chi connectivity index (χ4v) is 3.04. The Bertz CT molecular complexity index is 588. The summed E-state index contributed by atoms with van der Waals surface area (Å²) in [6.07, 6.45) is 7.05. The van der Waals surface area contributed by atoms with Crippen LogP contribution < -0.4 is 5.32 Å². The molecule has 0 unspecified atom stereocenters. The standard InChI is InChI=1S/C19H31N5O3/c1-16-14-22-17(15-21-16)19(26)24(10-6-18(25)20-7-13-27-2)12-11-23-8-4-3-5-9-23/h14-15H,3-13H2,1-2H3,(H,20,25). The Morgan fingerprint density at radius 1 is 1.19 bits per heavy atom. The first-order valence-electron chi connectivity index (χ1n) is 9.66. The van der Waals surface area contributed by atoms with E-state index in [1.165, 1.54) is 25.5 Å². The van der Waals surface area contributed by atoms with E-state index in [0.29, 0.717) is 31.9 Å². The number of nitrogens with one attached hydrogen (secondary N) is 1. The minimum atomic E-state index is -0.177. The summed E-state index contributed by atoms with van der Waals surface area (Å²) in [5, 5.41) is 2.79. The molecule has 27 heavy (non-hydrogen) atoms. The lowest BCUT2D eigenvalue weighted by Gasteiger charge is -2.30. The third-order valence-corrected chi connectivity index (χ3v) is 4.66. The topological polar surface area (TPSA) is 87.7 Å². The number of carbonyl (C=O) groups excluding carboxylic acids is 2. The van der Waals surface area contributed by atoms with E-state index in [9.17, 15) is 9.59 Å². The fraction of sp³-hybridized carbons (Fsp3) is 0.684.